The van der Waals surface area contributed by atoms with Crippen LogP contribution in [0.2, 0.25) is 0 Å². The predicted molar refractivity (Wildman–Crippen MR) is 142 cm³/mol. The Balaban J connectivity index is 1.33. The summed E-state index contributed by atoms with van der Waals surface area (Å²) in [5, 5.41) is 9.71. The van der Waals surface area contributed by atoms with Crippen LogP contribution in [0.3, 0.4) is 0 Å². The molecular weight excluding hydrogens is 448 g/mol. The molecule has 0 bridgehead atoms. The lowest BCUT2D eigenvalue weighted by atomic mass is 9.96. The highest BCUT2D eigenvalue weighted by molar-refractivity contribution is 5.70. The van der Waals surface area contributed by atoms with Crippen molar-refractivity contribution < 1.29 is 9.15 Å². The maximum absolute atomic E-state index is 9.71. The Morgan fingerprint density at radius 1 is 0.861 bits per heavy atom. The molecule has 4 aromatic rings. The van der Waals surface area contributed by atoms with Crippen molar-refractivity contribution in [2.24, 2.45) is 0 Å². The summed E-state index contributed by atoms with van der Waals surface area (Å²) in [5.41, 5.74) is 3.78. The lowest BCUT2D eigenvalue weighted by molar-refractivity contribution is 0.209. The van der Waals surface area contributed by atoms with Crippen LogP contribution in [0, 0.1) is 11.3 Å². The van der Waals surface area contributed by atoms with E-state index in [1.54, 1.807) is 13.2 Å². The number of methoxy groups -OCH3 is 1. The monoisotopic (exact) mass is 476 g/mol. The molecule has 2 heterocycles. The Kier molecular flexibility index (Phi) is 7.11. The third-order valence-electron chi connectivity index (χ3n) is 6.47. The molecule has 0 radical (unpaired) electrons. The van der Waals surface area contributed by atoms with Crippen molar-refractivity contribution >= 4 is 18.0 Å². The molecule has 1 aromatic heterocycles. The smallest absolute Gasteiger partial charge is 0.235 e. The number of aromatic nitrogens is 1. The number of hydrogen-bond donors (Lipinski definition) is 0. The first kappa shape index (κ1) is 23.4. The number of anilines is 1. The van der Waals surface area contributed by atoms with E-state index >= 15 is 0 Å². The van der Waals surface area contributed by atoms with Crippen LogP contribution in [-0.4, -0.2) is 43.2 Å². The first-order valence-corrected chi connectivity index (χ1v) is 12.1. The molecule has 6 nitrogen and oxygen atoms in total. The summed E-state index contributed by atoms with van der Waals surface area (Å²) in [6, 6.07) is 31.3. The highest BCUT2D eigenvalue weighted by Gasteiger charge is 2.29. The summed E-state index contributed by atoms with van der Waals surface area (Å²) in [7, 11) is 1.64. The Morgan fingerprint density at radius 3 is 2.08 bits per heavy atom. The standard InChI is InChI=1S/C30H28N4O2/c1-35-27-15-9-8-10-23(27)16-17-28-32-26(22-31)30(36-28)34-20-18-33(19-21-34)29(24-11-4-2-5-12-24)25-13-6-3-7-14-25/h2-17,29H,18-21H2,1H3. The molecule has 1 aliphatic heterocycles. The van der Waals surface area contributed by atoms with Crippen LogP contribution in [0.4, 0.5) is 5.88 Å². The van der Waals surface area contributed by atoms with Crippen LogP contribution in [0.25, 0.3) is 12.2 Å². The molecule has 1 saturated heterocycles. The van der Waals surface area contributed by atoms with E-state index < -0.39 is 0 Å². The third-order valence-corrected chi connectivity index (χ3v) is 6.47. The van der Waals surface area contributed by atoms with Crippen LogP contribution in [0.5, 0.6) is 5.75 Å². The lowest BCUT2D eigenvalue weighted by Crippen LogP contribution is -2.48. The van der Waals surface area contributed by atoms with Crippen LogP contribution in [-0.2, 0) is 0 Å². The molecule has 0 saturated carbocycles. The van der Waals surface area contributed by atoms with E-state index in [1.807, 2.05) is 30.3 Å². The fourth-order valence-electron chi connectivity index (χ4n) is 4.72. The summed E-state index contributed by atoms with van der Waals surface area (Å²) in [6.45, 7) is 3.17. The topological polar surface area (TPSA) is 65.5 Å². The van der Waals surface area contributed by atoms with Gasteiger partial charge in [-0.1, -0.05) is 78.9 Å². The third kappa shape index (κ3) is 5.02. The predicted octanol–water partition coefficient (Wildman–Crippen LogP) is 5.64. The molecule has 0 unspecified atom stereocenters. The van der Waals surface area contributed by atoms with E-state index in [4.69, 9.17) is 9.15 Å². The highest BCUT2D eigenvalue weighted by Crippen LogP contribution is 2.31. The van der Waals surface area contributed by atoms with Crippen LogP contribution in [0.15, 0.2) is 89.3 Å². The Morgan fingerprint density at radius 2 is 1.47 bits per heavy atom. The van der Waals surface area contributed by atoms with E-state index in [0.717, 1.165) is 37.5 Å². The van der Waals surface area contributed by atoms with Gasteiger partial charge in [-0.15, -0.1) is 0 Å². The summed E-state index contributed by atoms with van der Waals surface area (Å²) < 4.78 is 11.5. The molecule has 36 heavy (non-hydrogen) atoms. The minimum Gasteiger partial charge on any atom is -0.496 e. The first-order valence-electron chi connectivity index (χ1n) is 12.1. The summed E-state index contributed by atoms with van der Waals surface area (Å²) in [4.78, 5) is 9.03. The maximum atomic E-state index is 9.71. The second-order valence-electron chi connectivity index (χ2n) is 8.64. The van der Waals surface area contributed by atoms with Crippen molar-refractivity contribution in [3.05, 3.63) is 113 Å². The molecule has 0 spiro atoms. The zero-order valence-electron chi connectivity index (χ0n) is 20.2. The number of hydrogen-bond acceptors (Lipinski definition) is 6. The van der Waals surface area contributed by atoms with Crippen molar-refractivity contribution in [2.45, 2.75) is 6.04 Å². The van der Waals surface area contributed by atoms with Gasteiger partial charge in [0.2, 0.25) is 17.5 Å². The fraction of sp³-hybridized carbons (Fsp3) is 0.200. The summed E-state index contributed by atoms with van der Waals surface area (Å²) >= 11 is 0. The normalized spacial score (nSPS) is 14.3. The van der Waals surface area contributed by atoms with E-state index in [1.165, 1.54) is 11.1 Å². The van der Waals surface area contributed by atoms with E-state index in [0.29, 0.717) is 17.5 Å². The van der Waals surface area contributed by atoms with Crippen molar-refractivity contribution in [3.8, 4) is 11.8 Å². The molecule has 3 aromatic carbocycles. The van der Waals surface area contributed by atoms with Crippen LogP contribution >= 0.6 is 0 Å². The Bertz CT molecular complexity index is 1310. The van der Waals surface area contributed by atoms with Gasteiger partial charge in [0.25, 0.3) is 0 Å². The molecule has 180 valence electrons. The van der Waals surface area contributed by atoms with Crippen LogP contribution in [0.1, 0.15) is 34.3 Å². The number of benzene rings is 3. The van der Waals surface area contributed by atoms with Gasteiger partial charge in [-0.25, -0.2) is 0 Å². The SMILES string of the molecule is COc1ccccc1C=Cc1nc(C#N)c(N2CCN(C(c3ccccc3)c3ccccc3)CC2)o1. The van der Waals surface area contributed by atoms with Gasteiger partial charge < -0.3 is 14.1 Å². The van der Waals surface area contributed by atoms with Crippen molar-refractivity contribution in [1.82, 2.24) is 9.88 Å². The van der Waals surface area contributed by atoms with E-state index in [9.17, 15) is 5.26 Å². The number of rotatable bonds is 7. The maximum Gasteiger partial charge on any atom is 0.235 e. The lowest BCUT2D eigenvalue weighted by Gasteiger charge is -2.39. The first-order chi connectivity index (χ1) is 17.8. The largest absolute Gasteiger partial charge is 0.496 e. The molecular formula is C30H28N4O2. The summed E-state index contributed by atoms with van der Waals surface area (Å²) in [6.07, 6.45) is 3.66. The number of oxazole rings is 1. The quantitative estimate of drug-likeness (QED) is 0.344. The number of piperazine rings is 1. The molecule has 1 aliphatic rings. The number of nitrogens with zero attached hydrogens (tertiary/aromatic N) is 4. The fourth-order valence-corrected chi connectivity index (χ4v) is 4.72. The van der Waals surface area contributed by atoms with Gasteiger partial charge in [-0.2, -0.15) is 10.2 Å². The average Bonchev–Trinajstić information content (AvgIpc) is 3.37. The molecule has 0 atom stereocenters. The van der Waals surface area contributed by atoms with Gasteiger partial charge in [-0.05, 0) is 23.3 Å². The van der Waals surface area contributed by atoms with Gasteiger partial charge in [-0.3, -0.25) is 4.90 Å². The van der Waals surface area contributed by atoms with Gasteiger partial charge in [0, 0.05) is 37.8 Å². The van der Waals surface area contributed by atoms with Gasteiger partial charge in [0.05, 0.1) is 13.2 Å². The molecule has 0 N–H and O–H groups in total. The van der Waals surface area contributed by atoms with Gasteiger partial charge in [0.1, 0.15) is 11.8 Å². The number of nitriles is 1. The molecule has 5 rings (SSSR count). The number of ether oxygens (including phenoxy) is 1. The Hall–Kier alpha value is -4.34. The van der Waals surface area contributed by atoms with Crippen LogP contribution < -0.4 is 9.64 Å². The summed E-state index contributed by atoms with van der Waals surface area (Å²) in [5.74, 6) is 1.71. The molecule has 0 aliphatic carbocycles. The van der Waals surface area contributed by atoms with E-state index in [2.05, 4.69) is 81.5 Å². The highest BCUT2D eigenvalue weighted by atomic mass is 16.5. The van der Waals surface area contributed by atoms with Crippen molar-refractivity contribution in [3.63, 3.8) is 0 Å². The zero-order chi connectivity index (χ0) is 24.7. The van der Waals surface area contributed by atoms with Crippen molar-refractivity contribution in [2.75, 3.05) is 38.2 Å². The minimum absolute atomic E-state index is 0.180. The van der Waals surface area contributed by atoms with E-state index in [-0.39, 0.29) is 6.04 Å². The van der Waals surface area contributed by atoms with Crippen molar-refractivity contribution in [1.29, 1.82) is 5.26 Å². The Labute approximate surface area is 211 Å². The van der Waals surface area contributed by atoms with Gasteiger partial charge >= 0.3 is 0 Å². The second-order valence-corrected chi connectivity index (χ2v) is 8.64. The second kappa shape index (κ2) is 10.9. The number of para-hydroxylation sites is 1. The average molecular weight is 477 g/mol. The molecule has 6 heteroatoms. The minimum atomic E-state index is 0.180. The zero-order valence-corrected chi connectivity index (χ0v) is 20.2. The molecule has 0 amide bonds. The molecule has 1 fully saturated rings. The van der Waals surface area contributed by atoms with Gasteiger partial charge in [0.15, 0.2) is 0 Å².